The first kappa shape index (κ1) is 17.5. The molecule has 6 heteroatoms. The Kier molecular flexibility index (Phi) is 6.06. The highest BCUT2D eigenvalue weighted by Crippen LogP contribution is 2.16. The second kappa shape index (κ2) is 8.67. The van der Waals surface area contributed by atoms with Gasteiger partial charge in [-0.15, -0.1) is 0 Å². The van der Waals surface area contributed by atoms with Crippen LogP contribution in [0.1, 0.15) is 30.3 Å². The molecule has 0 N–H and O–H groups in total. The van der Waals surface area contributed by atoms with E-state index in [4.69, 9.17) is 9.47 Å². The highest BCUT2D eigenvalue weighted by atomic mass is 16.5. The van der Waals surface area contributed by atoms with Gasteiger partial charge in [0.15, 0.2) is 0 Å². The number of carbonyl (C=O) groups is 1. The zero-order valence-electron chi connectivity index (χ0n) is 14.6. The number of ether oxygens (including phenoxy) is 2. The topological polar surface area (TPSA) is 56.6 Å². The number of benzene rings is 1. The molecule has 1 aliphatic heterocycles. The predicted molar refractivity (Wildman–Crippen MR) is 94.7 cm³/mol. The molecule has 2 heterocycles. The standard InChI is InChI=1S/C19H25N3O3/c1-2-22-13-10-18(20-22)19(23)21-11-8-17(9-12-21)25-15-14-24-16-6-4-3-5-7-16/h3-7,10,13,17H,2,8-9,11-12,14-15H2,1H3. The van der Waals surface area contributed by atoms with Gasteiger partial charge >= 0.3 is 0 Å². The van der Waals surface area contributed by atoms with E-state index in [-0.39, 0.29) is 12.0 Å². The predicted octanol–water partition coefficient (Wildman–Crippen LogP) is 2.60. The third-order valence-electron chi connectivity index (χ3n) is 4.36. The number of hydrogen-bond donors (Lipinski definition) is 0. The van der Waals surface area contributed by atoms with E-state index in [9.17, 15) is 4.79 Å². The van der Waals surface area contributed by atoms with Crippen molar-refractivity contribution >= 4 is 5.91 Å². The SMILES string of the molecule is CCn1ccc(C(=O)N2CCC(OCCOc3ccccc3)CC2)n1. The van der Waals surface area contributed by atoms with Gasteiger partial charge in [0.1, 0.15) is 18.1 Å². The summed E-state index contributed by atoms with van der Waals surface area (Å²) in [5, 5.41) is 4.29. The maximum Gasteiger partial charge on any atom is 0.274 e. The molecule has 0 saturated carbocycles. The van der Waals surface area contributed by atoms with Crippen molar-refractivity contribution in [3.8, 4) is 5.75 Å². The summed E-state index contributed by atoms with van der Waals surface area (Å²) in [6, 6.07) is 11.5. The fourth-order valence-electron chi connectivity index (χ4n) is 2.93. The second-order valence-corrected chi connectivity index (χ2v) is 6.08. The first-order valence-electron chi connectivity index (χ1n) is 8.88. The van der Waals surface area contributed by atoms with E-state index in [1.54, 1.807) is 10.7 Å². The molecule has 0 spiro atoms. The van der Waals surface area contributed by atoms with Crippen LogP contribution in [0.3, 0.4) is 0 Å². The smallest absolute Gasteiger partial charge is 0.274 e. The molecule has 1 aromatic carbocycles. The van der Waals surface area contributed by atoms with Gasteiger partial charge in [-0.05, 0) is 38.0 Å². The number of rotatable bonds is 7. The van der Waals surface area contributed by atoms with Gasteiger partial charge in [-0.3, -0.25) is 9.48 Å². The molecule has 1 aromatic heterocycles. The van der Waals surface area contributed by atoms with Crippen LogP contribution in [0.15, 0.2) is 42.6 Å². The van der Waals surface area contributed by atoms with Crippen molar-refractivity contribution in [1.29, 1.82) is 0 Å². The summed E-state index contributed by atoms with van der Waals surface area (Å²) in [5.41, 5.74) is 0.525. The van der Waals surface area contributed by atoms with Gasteiger partial charge in [0.25, 0.3) is 5.91 Å². The molecule has 2 aromatic rings. The number of hydrogen-bond acceptors (Lipinski definition) is 4. The van der Waals surface area contributed by atoms with Crippen LogP contribution in [0.2, 0.25) is 0 Å². The van der Waals surface area contributed by atoms with Gasteiger partial charge in [-0.2, -0.15) is 5.10 Å². The van der Waals surface area contributed by atoms with Crippen molar-refractivity contribution < 1.29 is 14.3 Å². The minimum absolute atomic E-state index is 0.0121. The first-order chi connectivity index (χ1) is 12.3. The molecule has 1 amide bonds. The van der Waals surface area contributed by atoms with Gasteiger partial charge in [0.05, 0.1) is 12.7 Å². The lowest BCUT2D eigenvalue weighted by Gasteiger charge is -2.31. The molecule has 0 radical (unpaired) electrons. The highest BCUT2D eigenvalue weighted by molar-refractivity contribution is 5.92. The van der Waals surface area contributed by atoms with Crippen molar-refractivity contribution in [3.63, 3.8) is 0 Å². The van der Waals surface area contributed by atoms with Crippen LogP contribution in [0, 0.1) is 0 Å². The van der Waals surface area contributed by atoms with E-state index in [2.05, 4.69) is 5.10 Å². The Labute approximate surface area is 148 Å². The molecule has 1 aliphatic rings. The third-order valence-corrected chi connectivity index (χ3v) is 4.36. The average molecular weight is 343 g/mol. The Balaban J connectivity index is 1.36. The number of aromatic nitrogens is 2. The van der Waals surface area contributed by atoms with E-state index < -0.39 is 0 Å². The van der Waals surface area contributed by atoms with Gasteiger partial charge in [0, 0.05) is 25.8 Å². The number of aryl methyl sites for hydroxylation is 1. The molecular formula is C19H25N3O3. The van der Waals surface area contributed by atoms with Crippen LogP contribution < -0.4 is 4.74 Å². The third kappa shape index (κ3) is 4.82. The van der Waals surface area contributed by atoms with Crippen molar-refractivity contribution in [2.24, 2.45) is 0 Å². The second-order valence-electron chi connectivity index (χ2n) is 6.08. The zero-order valence-corrected chi connectivity index (χ0v) is 14.6. The highest BCUT2D eigenvalue weighted by Gasteiger charge is 2.25. The molecule has 0 bridgehead atoms. The minimum Gasteiger partial charge on any atom is -0.491 e. The largest absolute Gasteiger partial charge is 0.491 e. The monoisotopic (exact) mass is 343 g/mol. The van der Waals surface area contributed by atoms with Crippen LogP contribution >= 0.6 is 0 Å². The Bertz CT molecular complexity index is 664. The van der Waals surface area contributed by atoms with E-state index in [1.807, 2.05) is 48.4 Å². The summed E-state index contributed by atoms with van der Waals surface area (Å²) in [6.07, 6.45) is 3.74. The number of para-hydroxylation sites is 1. The normalized spacial score (nSPS) is 15.3. The quantitative estimate of drug-likeness (QED) is 0.725. The molecule has 25 heavy (non-hydrogen) atoms. The fraction of sp³-hybridized carbons (Fsp3) is 0.474. The summed E-state index contributed by atoms with van der Waals surface area (Å²) in [7, 11) is 0. The Morgan fingerprint density at radius 2 is 1.92 bits per heavy atom. The molecule has 1 saturated heterocycles. The molecule has 134 valence electrons. The minimum atomic E-state index is 0.0121. The van der Waals surface area contributed by atoms with Crippen molar-refractivity contribution in [1.82, 2.24) is 14.7 Å². The molecule has 6 nitrogen and oxygen atoms in total. The molecule has 0 aliphatic carbocycles. The van der Waals surface area contributed by atoms with E-state index in [1.165, 1.54) is 0 Å². The number of nitrogens with zero attached hydrogens (tertiary/aromatic N) is 3. The fourth-order valence-corrected chi connectivity index (χ4v) is 2.93. The van der Waals surface area contributed by atoms with Crippen LogP contribution in [0.25, 0.3) is 0 Å². The summed E-state index contributed by atoms with van der Waals surface area (Å²) in [4.78, 5) is 14.3. The molecular weight excluding hydrogens is 318 g/mol. The van der Waals surface area contributed by atoms with E-state index in [0.717, 1.165) is 25.1 Å². The van der Waals surface area contributed by atoms with Crippen LogP contribution in [0.5, 0.6) is 5.75 Å². The lowest BCUT2D eigenvalue weighted by molar-refractivity contribution is -0.00251. The Hall–Kier alpha value is -2.34. The lowest BCUT2D eigenvalue weighted by Crippen LogP contribution is -2.41. The maximum absolute atomic E-state index is 12.4. The van der Waals surface area contributed by atoms with E-state index in [0.29, 0.717) is 32.0 Å². The molecule has 0 atom stereocenters. The van der Waals surface area contributed by atoms with Crippen LogP contribution in [0.4, 0.5) is 0 Å². The van der Waals surface area contributed by atoms with Crippen molar-refractivity contribution in [2.45, 2.75) is 32.4 Å². The molecule has 1 fully saturated rings. The maximum atomic E-state index is 12.4. The van der Waals surface area contributed by atoms with Gasteiger partial charge in [-0.1, -0.05) is 18.2 Å². The molecule has 3 rings (SSSR count). The first-order valence-corrected chi connectivity index (χ1v) is 8.88. The summed E-state index contributed by atoms with van der Waals surface area (Å²) in [5.74, 6) is 0.871. The van der Waals surface area contributed by atoms with Gasteiger partial charge in [0.2, 0.25) is 0 Å². The number of piperidine rings is 1. The van der Waals surface area contributed by atoms with Crippen LogP contribution in [-0.4, -0.2) is 53.0 Å². The van der Waals surface area contributed by atoms with Crippen molar-refractivity contribution in [3.05, 3.63) is 48.3 Å². The van der Waals surface area contributed by atoms with Gasteiger partial charge in [-0.25, -0.2) is 0 Å². The van der Waals surface area contributed by atoms with Crippen LogP contribution in [-0.2, 0) is 11.3 Å². The number of likely N-dealkylation sites (tertiary alicyclic amines) is 1. The van der Waals surface area contributed by atoms with Gasteiger partial charge < -0.3 is 14.4 Å². The zero-order chi connectivity index (χ0) is 17.5. The number of amides is 1. The number of carbonyl (C=O) groups excluding carboxylic acids is 1. The van der Waals surface area contributed by atoms with E-state index >= 15 is 0 Å². The van der Waals surface area contributed by atoms with Crippen molar-refractivity contribution in [2.75, 3.05) is 26.3 Å². The Morgan fingerprint density at radius 3 is 2.60 bits per heavy atom. The summed E-state index contributed by atoms with van der Waals surface area (Å²) >= 11 is 0. The summed E-state index contributed by atoms with van der Waals surface area (Å²) in [6.45, 7) is 5.30. The Morgan fingerprint density at radius 1 is 1.16 bits per heavy atom. The average Bonchev–Trinajstić information content (AvgIpc) is 3.15. The summed E-state index contributed by atoms with van der Waals surface area (Å²) < 4.78 is 13.3. The lowest BCUT2D eigenvalue weighted by atomic mass is 10.1. The molecule has 0 unspecified atom stereocenters.